The minimum absolute atomic E-state index is 0.168. The number of benzene rings is 1. The van der Waals surface area contributed by atoms with E-state index in [4.69, 9.17) is 4.74 Å². The van der Waals surface area contributed by atoms with Crippen molar-refractivity contribution in [3.8, 4) is 0 Å². The lowest BCUT2D eigenvalue weighted by Crippen LogP contribution is -2.67. The van der Waals surface area contributed by atoms with Crippen LogP contribution in [0.1, 0.15) is 44.6 Å². The molecule has 2 aromatic rings. The highest BCUT2D eigenvalue weighted by Gasteiger charge is 2.50. The number of hydrogen-bond donors (Lipinski definition) is 0. The Labute approximate surface area is 207 Å². The number of quaternary nitrogens is 1. The molecule has 1 aromatic heterocycles. The number of rotatable bonds is 7. The third kappa shape index (κ3) is 4.95. The van der Waals surface area contributed by atoms with E-state index in [1.54, 1.807) is 18.3 Å². The van der Waals surface area contributed by atoms with Crippen LogP contribution in [-0.4, -0.2) is 76.8 Å². The first kappa shape index (κ1) is 23.9. The number of fused-ring (bicyclic) bond motifs is 3. The number of piperidine rings is 4. The minimum atomic E-state index is -0.810. The Morgan fingerprint density at radius 1 is 1.14 bits per heavy atom. The van der Waals surface area contributed by atoms with Gasteiger partial charge in [-0.05, 0) is 50.6 Å². The van der Waals surface area contributed by atoms with Gasteiger partial charge in [0.05, 0.1) is 13.1 Å². The molecule has 0 saturated carbocycles. The molecule has 0 radical (unpaired) electrons. The number of aliphatic imine (C=N–C) groups is 1. The molecule has 4 fully saturated rings. The van der Waals surface area contributed by atoms with Crippen LogP contribution in [0.25, 0.3) is 0 Å². The molecular formula is C27H35N5O3. The summed E-state index contributed by atoms with van der Waals surface area (Å²) in [5.41, 5.74) is 0.172. The van der Waals surface area contributed by atoms with Gasteiger partial charge in [-0.25, -0.2) is 9.79 Å². The van der Waals surface area contributed by atoms with Crippen LogP contribution in [0.5, 0.6) is 0 Å². The van der Waals surface area contributed by atoms with Crippen LogP contribution in [0, 0.1) is 5.92 Å². The maximum Gasteiger partial charge on any atom is 0.331 e. The second-order valence-corrected chi connectivity index (χ2v) is 10.5. The summed E-state index contributed by atoms with van der Waals surface area (Å²) in [4.78, 5) is 20.3. The summed E-state index contributed by atoms with van der Waals surface area (Å²) in [6.07, 6.45) is 6.70. The average molecular weight is 478 g/mol. The number of nitrogens with zero attached hydrogens (tertiary/aromatic N) is 5. The molecule has 0 amide bonds. The maximum absolute atomic E-state index is 13.9. The van der Waals surface area contributed by atoms with E-state index in [1.165, 1.54) is 6.42 Å². The molecule has 35 heavy (non-hydrogen) atoms. The Balaban J connectivity index is 1.33. The number of hydrogen-bond acceptors (Lipinski definition) is 7. The Kier molecular flexibility index (Phi) is 6.84. The van der Waals surface area contributed by atoms with Crippen molar-refractivity contribution >= 4 is 17.7 Å². The van der Waals surface area contributed by atoms with E-state index in [9.17, 15) is 9.90 Å². The maximum atomic E-state index is 13.9. The van der Waals surface area contributed by atoms with Gasteiger partial charge in [-0.15, -0.1) is 5.10 Å². The van der Waals surface area contributed by atoms with E-state index in [2.05, 4.69) is 20.1 Å². The van der Waals surface area contributed by atoms with Gasteiger partial charge in [-0.1, -0.05) is 36.8 Å². The molecule has 0 N–H and O–H groups in total. The van der Waals surface area contributed by atoms with Crippen molar-refractivity contribution in [2.24, 2.45) is 10.9 Å². The fourth-order valence-electron chi connectivity index (χ4n) is 6.17. The van der Waals surface area contributed by atoms with Crippen molar-refractivity contribution in [1.29, 1.82) is 0 Å². The number of carbonyl (C=O) groups excluding carboxylic acids is 1. The molecule has 186 valence electrons. The second kappa shape index (κ2) is 10.0. The fraction of sp³-hybridized carbons (Fsp3) is 0.556. The Hall–Kier alpha value is -2.84. The molecule has 4 aliphatic rings. The zero-order valence-electron chi connectivity index (χ0n) is 20.5. The van der Waals surface area contributed by atoms with Crippen molar-refractivity contribution in [3.05, 3.63) is 54.2 Å². The van der Waals surface area contributed by atoms with Gasteiger partial charge in [-0.3, -0.25) is 4.90 Å². The topological polar surface area (TPSA) is 90.7 Å². The van der Waals surface area contributed by atoms with Gasteiger partial charge in [0, 0.05) is 30.9 Å². The summed E-state index contributed by atoms with van der Waals surface area (Å²) in [5, 5.41) is 20.5. The van der Waals surface area contributed by atoms with Gasteiger partial charge in [0.1, 0.15) is 18.6 Å². The van der Waals surface area contributed by atoms with Crippen molar-refractivity contribution in [3.63, 3.8) is 0 Å². The number of esters is 1. The quantitative estimate of drug-likeness (QED) is 0.263. The number of likely N-dealkylation sites (tertiary alicyclic amines) is 1. The SMILES string of the molecule is C[C@@](C(=O)O[C@@H]1C[N+]2(CC([O-])=Nc3cccnn3)CCC1CC2)(c1ccccc1)N1CCCCC1. The summed E-state index contributed by atoms with van der Waals surface area (Å²) in [7, 11) is 0. The van der Waals surface area contributed by atoms with Crippen molar-refractivity contribution in [2.45, 2.75) is 50.7 Å². The summed E-state index contributed by atoms with van der Waals surface area (Å²) >= 11 is 0. The Morgan fingerprint density at radius 3 is 2.57 bits per heavy atom. The Morgan fingerprint density at radius 2 is 1.89 bits per heavy atom. The molecular weight excluding hydrogens is 442 g/mol. The summed E-state index contributed by atoms with van der Waals surface area (Å²) < 4.78 is 6.99. The fourth-order valence-corrected chi connectivity index (χ4v) is 6.17. The van der Waals surface area contributed by atoms with Crippen LogP contribution in [0.15, 0.2) is 53.7 Å². The van der Waals surface area contributed by atoms with Gasteiger partial charge in [0.15, 0.2) is 11.9 Å². The number of carbonyl (C=O) groups is 1. The molecule has 5 heterocycles. The van der Waals surface area contributed by atoms with E-state index >= 15 is 0 Å². The van der Waals surface area contributed by atoms with Gasteiger partial charge in [-0.2, -0.15) is 5.10 Å². The number of aromatic nitrogens is 2. The molecule has 0 spiro atoms. The second-order valence-electron chi connectivity index (χ2n) is 10.5. The molecule has 4 saturated heterocycles. The molecule has 6 rings (SSSR count). The summed E-state index contributed by atoms with van der Waals surface area (Å²) in [5.74, 6) is 0.328. The van der Waals surface area contributed by atoms with Crippen LogP contribution in [0.2, 0.25) is 0 Å². The first-order valence-electron chi connectivity index (χ1n) is 12.9. The predicted molar refractivity (Wildman–Crippen MR) is 131 cm³/mol. The summed E-state index contributed by atoms with van der Waals surface area (Å²) in [6.45, 7) is 6.62. The standard InChI is InChI=1S/C27H35N5O3/c1-27(22-9-4-2-5-10-22,31-15-6-3-7-16-31)26(34)35-23-19-32(17-12-21(23)13-18-32)20-25(33)29-24-11-8-14-28-30-24/h2,4-5,8-11,14,21,23H,3,6-7,12-13,15-20H2,1H3/t21?,23-,27+,32?/m1/s1. The third-order valence-electron chi connectivity index (χ3n) is 8.29. The van der Waals surface area contributed by atoms with Crippen LogP contribution >= 0.6 is 0 Å². The lowest BCUT2D eigenvalue weighted by molar-refractivity contribution is -0.940. The smallest absolute Gasteiger partial charge is 0.331 e. The van der Waals surface area contributed by atoms with E-state index < -0.39 is 5.54 Å². The van der Waals surface area contributed by atoms with Crippen LogP contribution in [0.4, 0.5) is 5.82 Å². The van der Waals surface area contributed by atoms with Gasteiger partial charge in [0.25, 0.3) is 0 Å². The lowest BCUT2D eigenvalue weighted by Gasteiger charge is -2.53. The Bertz CT molecular complexity index is 1030. The lowest BCUT2D eigenvalue weighted by atomic mass is 9.82. The zero-order chi connectivity index (χ0) is 24.3. The highest BCUT2D eigenvalue weighted by molar-refractivity contribution is 5.82. The van der Waals surface area contributed by atoms with Crippen molar-refractivity contribution < 1.29 is 19.1 Å². The molecule has 0 aliphatic carbocycles. The monoisotopic (exact) mass is 477 g/mol. The summed E-state index contributed by atoms with van der Waals surface area (Å²) in [6, 6.07) is 13.4. The first-order chi connectivity index (χ1) is 17.0. The normalized spacial score (nSPS) is 28.9. The van der Waals surface area contributed by atoms with Crippen LogP contribution < -0.4 is 5.11 Å². The molecule has 8 nitrogen and oxygen atoms in total. The predicted octanol–water partition coefficient (Wildman–Crippen LogP) is 2.42. The largest absolute Gasteiger partial charge is 0.858 e. The van der Waals surface area contributed by atoms with Crippen LogP contribution in [0.3, 0.4) is 0 Å². The van der Waals surface area contributed by atoms with E-state index in [-0.39, 0.29) is 18.0 Å². The minimum Gasteiger partial charge on any atom is -0.858 e. The molecule has 4 aliphatic heterocycles. The van der Waals surface area contributed by atoms with Crippen LogP contribution in [-0.2, 0) is 15.1 Å². The van der Waals surface area contributed by atoms with Gasteiger partial charge >= 0.3 is 5.97 Å². The van der Waals surface area contributed by atoms with E-state index in [0.29, 0.717) is 29.3 Å². The molecule has 8 heteroatoms. The molecule has 2 bridgehead atoms. The van der Waals surface area contributed by atoms with Gasteiger partial charge in [0.2, 0.25) is 0 Å². The van der Waals surface area contributed by atoms with Crippen molar-refractivity contribution in [1.82, 2.24) is 15.1 Å². The molecule has 1 aromatic carbocycles. The highest BCUT2D eigenvalue weighted by Crippen LogP contribution is 2.38. The zero-order valence-corrected chi connectivity index (χ0v) is 20.5. The van der Waals surface area contributed by atoms with E-state index in [1.807, 2.05) is 37.3 Å². The highest BCUT2D eigenvalue weighted by atomic mass is 16.5. The third-order valence-corrected chi connectivity index (χ3v) is 8.29. The van der Waals surface area contributed by atoms with Crippen molar-refractivity contribution in [2.75, 3.05) is 39.3 Å². The molecule has 2 atom stereocenters. The van der Waals surface area contributed by atoms with E-state index in [0.717, 1.165) is 57.4 Å². The average Bonchev–Trinajstić information content (AvgIpc) is 2.90. The first-order valence-corrected chi connectivity index (χ1v) is 12.9. The van der Waals surface area contributed by atoms with Gasteiger partial charge < -0.3 is 14.3 Å². The molecule has 0 unspecified atom stereocenters. The number of ether oxygens (including phenoxy) is 1.